The fraction of sp³-hybridized carbons (Fsp3) is 0. The number of para-hydroxylation sites is 4. The van der Waals surface area contributed by atoms with Crippen molar-refractivity contribution in [2.75, 3.05) is 0 Å². The molecule has 4 aromatic carbocycles. The maximum absolute atomic E-state index is 11.8. The van der Waals surface area contributed by atoms with Crippen LogP contribution in [0, 0.1) is 0 Å². The lowest BCUT2D eigenvalue weighted by Crippen LogP contribution is -2.03. The van der Waals surface area contributed by atoms with E-state index in [4.69, 9.17) is 10.1 Å². The predicted octanol–water partition coefficient (Wildman–Crippen LogP) is 6.57. The summed E-state index contributed by atoms with van der Waals surface area (Å²) in [6.45, 7) is 0. The molecule has 0 unspecified atom stereocenters. The lowest BCUT2D eigenvalue weighted by molar-refractivity contribution is 0.0699. The van der Waals surface area contributed by atoms with E-state index in [-0.39, 0.29) is 5.56 Å². The number of carboxylic acids is 1. The molecule has 0 aliphatic rings. The van der Waals surface area contributed by atoms with E-state index in [1.165, 1.54) is 5.39 Å². The van der Waals surface area contributed by atoms with Crippen LogP contribution in [0.15, 0.2) is 97.1 Å². The number of nitrogens with one attached hydrogen (secondary N) is 1. The molecular formula is C29H18N4O2. The summed E-state index contributed by atoms with van der Waals surface area (Å²) in [6, 6.07) is 31.5. The van der Waals surface area contributed by atoms with Crippen LogP contribution in [0.25, 0.3) is 60.7 Å². The van der Waals surface area contributed by atoms with Gasteiger partial charge in [0.15, 0.2) is 5.82 Å². The number of carboxylic acid groups (broad SMARTS) is 1. The average Bonchev–Trinajstić information content (AvgIpc) is 3.47. The van der Waals surface area contributed by atoms with Crippen LogP contribution in [-0.2, 0) is 0 Å². The number of pyridine rings is 1. The summed E-state index contributed by atoms with van der Waals surface area (Å²) in [6.07, 6.45) is 0. The van der Waals surface area contributed by atoms with Crippen molar-refractivity contribution in [2.45, 2.75) is 0 Å². The summed E-state index contributed by atoms with van der Waals surface area (Å²) in [5.74, 6) is -0.436. The standard InChI is InChI=1S/C29H18N4O2/c34-29(35)22-12-5-7-17-15-16-25(31-26(17)22)33-24-14-4-2-9-20(24)28(32-33)21-11-6-10-19-18-8-1-3-13-23(18)30-27(19)21/h1-16,30H,(H,34,35). The van der Waals surface area contributed by atoms with Crippen molar-refractivity contribution in [2.24, 2.45) is 0 Å². The molecule has 6 nitrogen and oxygen atoms in total. The molecule has 7 rings (SSSR count). The smallest absolute Gasteiger partial charge is 0.337 e. The molecular weight excluding hydrogens is 436 g/mol. The van der Waals surface area contributed by atoms with Gasteiger partial charge in [-0.15, -0.1) is 0 Å². The topological polar surface area (TPSA) is 83.8 Å². The molecule has 6 heteroatoms. The van der Waals surface area contributed by atoms with Crippen LogP contribution in [0.5, 0.6) is 0 Å². The highest BCUT2D eigenvalue weighted by molar-refractivity contribution is 6.13. The van der Waals surface area contributed by atoms with Gasteiger partial charge in [0.2, 0.25) is 0 Å². The molecule has 2 N–H and O–H groups in total. The number of aromatic nitrogens is 4. The summed E-state index contributed by atoms with van der Waals surface area (Å²) in [4.78, 5) is 20.1. The first-order valence-corrected chi connectivity index (χ1v) is 11.3. The van der Waals surface area contributed by atoms with E-state index >= 15 is 0 Å². The lowest BCUT2D eigenvalue weighted by Gasteiger charge is -2.06. The van der Waals surface area contributed by atoms with Gasteiger partial charge in [-0.2, -0.15) is 5.10 Å². The Hall–Kier alpha value is -4.97. The molecule has 166 valence electrons. The summed E-state index contributed by atoms with van der Waals surface area (Å²) < 4.78 is 1.80. The van der Waals surface area contributed by atoms with E-state index in [2.05, 4.69) is 41.4 Å². The second-order valence-electron chi connectivity index (χ2n) is 8.53. The minimum atomic E-state index is -1.00. The summed E-state index contributed by atoms with van der Waals surface area (Å²) in [5, 5.41) is 18.8. The van der Waals surface area contributed by atoms with E-state index < -0.39 is 5.97 Å². The molecule has 0 atom stereocenters. The van der Waals surface area contributed by atoms with E-state index in [1.807, 2.05) is 48.5 Å². The van der Waals surface area contributed by atoms with Gasteiger partial charge in [0.1, 0.15) is 5.69 Å². The number of hydrogen-bond acceptors (Lipinski definition) is 3. The van der Waals surface area contributed by atoms with Crippen LogP contribution in [0.3, 0.4) is 0 Å². The number of nitrogens with zero attached hydrogens (tertiary/aromatic N) is 3. The molecule has 7 aromatic rings. The summed E-state index contributed by atoms with van der Waals surface area (Å²) in [5.41, 5.74) is 5.46. The highest BCUT2D eigenvalue weighted by Gasteiger charge is 2.18. The van der Waals surface area contributed by atoms with E-state index in [9.17, 15) is 9.90 Å². The highest BCUT2D eigenvalue weighted by atomic mass is 16.4. The van der Waals surface area contributed by atoms with Crippen molar-refractivity contribution in [1.82, 2.24) is 19.7 Å². The molecule has 0 aliphatic carbocycles. The number of H-pyrrole nitrogens is 1. The van der Waals surface area contributed by atoms with Gasteiger partial charge in [-0.1, -0.05) is 66.7 Å². The maximum Gasteiger partial charge on any atom is 0.337 e. The molecule has 0 saturated carbocycles. The summed E-state index contributed by atoms with van der Waals surface area (Å²) in [7, 11) is 0. The first-order chi connectivity index (χ1) is 17.2. The first-order valence-electron chi connectivity index (χ1n) is 11.3. The van der Waals surface area contributed by atoms with Crippen molar-refractivity contribution in [3.63, 3.8) is 0 Å². The third-order valence-corrected chi connectivity index (χ3v) is 6.54. The minimum absolute atomic E-state index is 0.170. The van der Waals surface area contributed by atoms with Gasteiger partial charge in [-0.05, 0) is 30.3 Å². The van der Waals surface area contributed by atoms with Gasteiger partial charge in [-0.3, -0.25) is 0 Å². The van der Waals surface area contributed by atoms with Crippen LogP contribution in [0.1, 0.15) is 10.4 Å². The zero-order valence-electron chi connectivity index (χ0n) is 18.4. The predicted molar refractivity (Wildman–Crippen MR) is 138 cm³/mol. The molecule has 35 heavy (non-hydrogen) atoms. The number of aromatic amines is 1. The zero-order chi connectivity index (χ0) is 23.5. The van der Waals surface area contributed by atoms with Crippen molar-refractivity contribution < 1.29 is 9.90 Å². The Morgan fingerprint density at radius 3 is 2.43 bits per heavy atom. The Labute approximate surface area is 199 Å². The Morgan fingerprint density at radius 2 is 1.54 bits per heavy atom. The Kier molecular flexibility index (Phi) is 4.05. The number of rotatable bonds is 3. The fourth-order valence-electron chi connectivity index (χ4n) is 4.94. The van der Waals surface area contributed by atoms with Gasteiger partial charge in [0, 0.05) is 32.6 Å². The molecule has 0 saturated heterocycles. The second kappa shape index (κ2) is 7.27. The van der Waals surface area contributed by atoms with Crippen molar-refractivity contribution in [3.05, 3.63) is 103 Å². The maximum atomic E-state index is 11.8. The zero-order valence-corrected chi connectivity index (χ0v) is 18.4. The summed E-state index contributed by atoms with van der Waals surface area (Å²) >= 11 is 0. The lowest BCUT2D eigenvalue weighted by atomic mass is 10.0. The van der Waals surface area contributed by atoms with Crippen LogP contribution in [0.4, 0.5) is 0 Å². The number of fused-ring (bicyclic) bond motifs is 5. The van der Waals surface area contributed by atoms with Gasteiger partial charge in [0.05, 0.1) is 22.1 Å². The van der Waals surface area contributed by atoms with Gasteiger partial charge in [-0.25, -0.2) is 14.5 Å². The van der Waals surface area contributed by atoms with Crippen molar-refractivity contribution in [1.29, 1.82) is 0 Å². The van der Waals surface area contributed by atoms with Gasteiger partial charge < -0.3 is 10.1 Å². The number of hydrogen-bond donors (Lipinski definition) is 2. The van der Waals surface area contributed by atoms with Gasteiger partial charge >= 0.3 is 5.97 Å². The molecule has 0 fully saturated rings. The van der Waals surface area contributed by atoms with Crippen molar-refractivity contribution >= 4 is 49.6 Å². The highest BCUT2D eigenvalue weighted by Crippen LogP contribution is 2.36. The largest absolute Gasteiger partial charge is 0.478 e. The number of carbonyl (C=O) groups is 1. The van der Waals surface area contributed by atoms with Crippen LogP contribution >= 0.6 is 0 Å². The average molecular weight is 454 g/mol. The SMILES string of the molecule is O=C(O)c1cccc2ccc(-n3nc(-c4cccc5c4[nH]c4ccccc45)c4ccccc43)nc12. The van der Waals surface area contributed by atoms with Crippen LogP contribution in [-0.4, -0.2) is 30.8 Å². The Morgan fingerprint density at radius 1 is 0.771 bits per heavy atom. The quantitative estimate of drug-likeness (QED) is 0.316. The van der Waals surface area contributed by atoms with Crippen LogP contribution < -0.4 is 0 Å². The molecule has 0 spiro atoms. The molecule has 3 aromatic heterocycles. The molecule has 0 bridgehead atoms. The molecule has 3 heterocycles. The Balaban J connectivity index is 1.51. The third-order valence-electron chi connectivity index (χ3n) is 6.54. The van der Waals surface area contributed by atoms with Crippen molar-refractivity contribution in [3.8, 4) is 17.1 Å². The van der Waals surface area contributed by atoms with E-state index in [1.54, 1.807) is 16.8 Å². The molecule has 0 radical (unpaired) electrons. The van der Waals surface area contributed by atoms with Crippen LogP contribution in [0.2, 0.25) is 0 Å². The number of benzene rings is 4. The fourth-order valence-corrected chi connectivity index (χ4v) is 4.94. The minimum Gasteiger partial charge on any atom is -0.478 e. The molecule has 0 amide bonds. The Bertz CT molecular complexity index is 1950. The second-order valence-corrected chi connectivity index (χ2v) is 8.53. The first kappa shape index (κ1) is 19.5. The number of aromatic carboxylic acids is 1. The van der Waals surface area contributed by atoms with Gasteiger partial charge in [0.25, 0.3) is 0 Å². The normalized spacial score (nSPS) is 11.7. The van der Waals surface area contributed by atoms with E-state index in [0.717, 1.165) is 44.0 Å². The van der Waals surface area contributed by atoms with E-state index in [0.29, 0.717) is 11.3 Å². The third kappa shape index (κ3) is 2.87. The molecule has 0 aliphatic heterocycles. The monoisotopic (exact) mass is 454 g/mol.